The number of nitrogens with zero attached hydrogens (tertiary/aromatic N) is 2. The number of carbonyl (C=O) groups is 2. The van der Waals surface area contributed by atoms with Crippen molar-refractivity contribution in [3.8, 4) is 0 Å². The van der Waals surface area contributed by atoms with Gasteiger partial charge in [0.25, 0.3) is 5.91 Å². The molecule has 2 rings (SSSR count). The van der Waals surface area contributed by atoms with Gasteiger partial charge in [-0.1, -0.05) is 0 Å². The van der Waals surface area contributed by atoms with Gasteiger partial charge in [0.15, 0.2) is 0 Å². The van der Waals surface area contributed by atoms with E-state index in [1.54, 1.807) is 12.3 Å². The van der Waals surface area contributed by atoms with Crippen molar-refractivity contribution in [3.63, 3.8) is 0 Å². The molecule has 1 aromatic heterocycles. The minimum Gasteiger partial charge on any atom is -0.479 e. The van der Waals surface area contributed by atoms with Gasteiger partial charge in [-0.3, -0.25) is 4.79 Å². The number of hydrogen-bond acceptors (Lipinski definition) is 4. The van der Waals surface area contributed by atoms with E-state index in [9.17, 15) is 14.0 Å². The highest BCUT2D eigenvalue weighted by atomic mass is 32.1. The predicted molar refractivity (Wildman–Crippen MR) is 58.8 cm³/mol. The molecule has 7 heteroatoms. The number of rotatable bonds is 2. The Morgan fingerprint density at radius 1 is 1.65 bits per heavy atom. The lowest BCUT2D eigenvalue weighted by molar-refractivity contribution is -0.149. The number of halogens is 1. The molecule has 0 aromatic carbocycles. The van der Waals surface area contributed by atoms with Gasteiger partial charge in [0.1, 0.15) is 0 Å². The van der Waals surface area contributed by atoms with E-state index in [2.05, 4.69) is 4.37 Å². The van der Waals surface area contributed by atoms with Crippen LogP contribution in [0.15, 0.2) is 5.38 Å². The Morgan fingerprint density at radius 3 is 2.82 bits per heavy atom. The lowest BCUT2D eigenvalue weighted by Crippen LogP contribution is -2.39. The number of alkyl halides is 1. The molecule has 1 amide bonds. The van der Waals surface area contributed by atoms with Gasteiger partial charge in [-0.2, -0.15) is 4.37 Å². The molecular formula is C10H11FN2O3S. The molecule has 0 aliphatic carbocycles. The predicted octanol–water partition coefficient (Wildman–Crippen LogP) is 1.09. The van der Waals surface area contributed by atoms with Crippen LogP contribution in [0.2, 0.25) is 0 Å². The maximum Gasteiger partial charge on any atom is 0.343 e. The van der Waals surface area contributed by atoms with Gasteiger partial charge in [-0.05, 0) is 18.5 Å². The highest BCUT2D eigenvalue weighted by Crippen LogP contribution is 2.27. The number of carbonyl (C=O) groups excluding carboxylic acids is 1. The fourth-order valence-corrected chi connectivity index (χ4v) is 2.47. The monoisotopic (exact) mass is 258 g/mol. The third-order valence-electron chi connectivity index (χ3n) is 2.87. The molecule has 92 valence electrons. The molecule has 1 atom stereocenters. The molecule has 17 heavy (non-hydrogen) atoms. The Kier molecular flexibility index (Phi) is 2.86. The van der Waals surface area contributed by atoms with Gasteiger partial charge in [0.2, 0.25) is 5.67 Å². The van der Waals surface area contributed by atoms with Crippen LogP contribution in [-0.4, -0.2) is 45.0 Å². The SMILES string of the molecule is Cc1nscc1C(=O)N1CC[C@@](F)(C(=O)O)C1. The van der Waals surface area contributed by atoms with Crippen LogP contribution in [0.3, 0.4) is 0 Å². The highest BCUT2D eigenvalue weighted by molar-refractivity contribution is 7.03. The normalized spacial score (nSPS) is 24.0. The summed E-state index contributed by atoms with van der Waals surface area (Å²) in [6, 6.07) is 0. The summed E-state index contributed by atoms with van der Waals surface area (Å²) >= 11 is 1.15. The number of hydrogen-bond donors (Lipinski definition) is 1. The fourth-order valence-electron chi connectivity index (χ4n) is 1.79. The van der Waals surface area contributed by atoms with E-state index in [1.807, 2.05) is 0 Å². The first-order valence-corrected chi connectivity index (χ1v) is 5.90. The molecule has 1 aliphatic heterocycles. The van der Waals surface area contributed by atoms with Crippen molar-refractivity contribution in [2.24, 2.45) is 0 Å². The summed E-state index contributed by atoms with van der Waals surface area (Å²) in [5.41, 5.74) is -1.30. The lowest BCUT2D eigenvalue weighted by atomic mass is 10.1. The number of carboxylic acids is 1. The minimum atomic E-state index is -2.31. The van der Waals surface area contributed by atoms with Crippen molar-refractivity contribution >= 4 is 23.4 Å². The number of carboxylic acid groups (broad SMARTS) is 1. The van der Waals surface area contributed by atoms with Crippen LogP contribution in [0.4, 0.5) is 4.39 Å². The smallest absolute Gasteiger partial charge is 0.343 e. The Labute approximate surface area is 101 Å². The molecule has 0 radical (unpaired) electrons. The first-order chi connectivity index (χ1) is 7.94. The van der Waals surface area contributed by atoms with Gasteiger partial charge in [-0.15, -0.1) is 0 Å². The molecule has 1 aliphatic rings. The summed E-state index contributed by atoms with van der Waals surface area (Å²) in [6.45, 7) is 1.42. The van der Waals surface area contributed by atoms with Crippen molar-refractivity contribution in [1.82, 2.24) is 9.27 Å². The van der Waals surface area contributed by atoms with Crippen LogP contribution < -0.4 is 0 Å². The summed E-state index contributed by atoms with van der Waals surface area (Å²) in [7, 11) is 0. The van der Waals surface area contributed by atoms with Crippen molar-refractivity contribution in [2.45, 2.75) is 19.0 Å². The van der Waals surface area contributed by atoms with E-state index >= 15 is 0 Å². The van der Waals surface area contributed by atoms with Crippen molar-refractivity contribution in [1.29, 1.82) is 0 Å². The zero-order valence-corrected chi connectivity index (χ0v) is 9.96. The Balaban J connectivity index is 2.15. The third kappa shape index (κ3) is 2.02. The second-order valence-corrected chi connectivity index (χ2v) is 4.69. The molecule has 5 nitrogen and oxygen atoms in total. The number of aryl methyl sites for hydroxylation is 1. The molecule has 0 unspecified atom stereocenters. The standard InChI is InChI=1S/C10H11FN2O3S/c1-6-7(4-17-12-6)8(14)13-3-2-10(11,5-13)9(15)16/h4H,2-3,5H2,1H3,(H,15,16)/t10-/m0/s1. The van der Waals surface area contributed by atoms with Crippen LogP contribution in [0.1, 0.15) is 22.5 Å². The Morgan fingerprint density at radius 2 is 2.35 bits per heavy atom. The summed E-state index contributed by atoms with van der Waals surface area (Å²) in [4.78, 5) is 23.9. The van der Waals surface area contributed by atoms with Gasteiger partial charge in [0, 0.05) is 18.3 Å². The number of aromatic nitrogens is 1. The molecule has 0 saturated carbocycles. The maximum atomic E-state index is 13.8. The van der Waals surface area contributed by atoms with E-state index in [0.29, 0.717) is 11.3 Å². The zero-order valence-electron chi connectivity index (χ0n) is 9.14. The summed E-state index contributed by atoms with van der Waals surface area (Å²) in [5, 5.41) is 10.3. The van der Waals surface area contributed by atoms with Gasteiger partial charge < -0.3 is 10.0 Å². The second-order valence-electron chi connectivity index (χ2n) is 4.06. The summed E-state index contributed by atoms with van der Waals surface area (Å²) in [6.07, 6.45) is -0.162. The maximum absolute atomic E-state index is 13.8. The molecule has 2 heterocycles. The average molecular weight is 258 g/mol. The number of amides is 1. The Hall–Kier alpha value is -1.50. The van der Waals surface area contributed by atoms with E-state index in [4.69, 9.17) is 5.11 Å². The van der Waals surface area contributed by atoms with Gasteiger partial charge in [0.05, 0.1) is 17.8 Å². The fraction of sp³-hybridized carbons (Fsp3) is 0.500. The van der Waals surface area contributed by atoms with E-state index in [1.165, 1.54) is 4.90 Å². The van der Waals surface area contributed by atoms with Crippen LogP contribution in [0, 0.1) is 6.92 Å². The van der Waals surface area contributed by atoms with Crippen molar-refractivity contribution in [3.05, 3.63) is 16.6 Å². The van der Waals surface area contributed by atoms with Crippen LogP contribution >= 0.6 is 11.5 Å². The van der Waals surface area contributed by atoms with E-state index < -0.39 is 18.2 Å². The first kappa shape index (κ1) is 12.0. The third-order valence-corrected chi connectivity index (χ3v) is 3.59. The van der Waals surface area contributed by atoms with Gasteiger partial charge >= 0.3 is 5.97 Å². The molecular weight excluding hydrogens is 247 g/mol. The van der Waals surface area contributed by atoms with E-state index in [-0.39, 0.29) is 18.9 Å². The molecule has 1 saturated heterocycles. The zero-order chi connectivity index (χ0) is 12.6. The highest BCUT2D eigenvalue weighted by Gasteiger charge is 2.47. The molecule has 0 bridgehead atoms. The summed E-state index contributed by atoms with van der Waals surface area (Å²) in [5.74, 6) is -1.86. The summed E-state index contributed by atoms with van der Waals surface area (Å²) < 4.78 is 17.7. The van der Waals surface area contributed by atoms with Crippen molar-refractivity contribution in [2.75, 3.05) is 13.1 Å². The quantitative estimate of drug-likeness (QED) is 0.862. The van der Waals surface area contributed by atoms with Crippen LogP contribution in [-0.2, 0) is 4.79 Å². The van der Waals surface area contributed by atoms with E-state index in [0.717, 1.165) is 11.5 Å². The van der Waals surface area contributed by atoms with Crippen LogP contribution in [0.25, 0.3) is 0 Å². The van der Waals surface area contributed by atoms with Crippen molar-refractivity contribution < 1.29 is 19.1 Å². The lowest BCUT2D eigenvalue weighted by Gasteiger charge is -2.17. The molecule has 1 fully saturated rings. The van der Waals surface area contributed by atoms with Gasteiger partial charge in [-0.25, -0.2) is 9.18 Å². The average Bonchev–Trinajstić information content (AvgIpc) is 2.85. The molecule has 1 aromatic rings. The largest absolute Gasteiger partial charge is 0.479 e. The topological polar surface area (TPSA) is 70.5 Å². The Bertz CT molecular complexity index is 476. The van der Waals surface area contributed by atoms with Crippen LogP contribution in [0.5, 0.6) is 0 Å². The second kappa shape index (κ2) is 4.06. The minimum absolute atomic E-state index is 0.122. The number of likely N-dealkylation sites (tertiary alicyclic amines) is 1. The molecule has 0 spiro atoms. The number of aliphatic carboxylic acids is 1. The molecule has 1 N–H and O–H groups in total. The first-order valence-electron chi connectivity index (χ1n) is 5.06.